The number of aryl methyl sites for hydroxylation is 1. The number of hydrogen-bond acceptors (Lipinski definition) is 5. The Morgan fingerprint density at radius 2 is 1.32 bits per heavy atom. The van der Waals surface area contributed by atoms with Gasteiger partial charge in [-0.3, -0.25) is 0 Å². The van der Waals surface area contributed by atoms with Gasteiger partial charge in [-0.2, -0.15) is 9.97 Å². The third kappa shape index (κ3) is 13.7. The van der Waals surface area contributed by atoms with Crippen LogP contribution in [0.2, 0.25) is 0 Å². The molecule has 336 valence electrons. The number of anilines is 2. The normalized spacial score (nSPS) is 17.4. The molecule has 1 aliphatic carbocycles. The van der Waals surface area contributed by atoms with Crippen molar-refractivity contribution < 1.29 is 4.74 Å². The summed E-state index contributed by atoms with van der Waals surface area (Å²) in [7, 11) is 0. The lowest BCUT2D eigenvalue weighted by atomic mass is 9.81. The average Bonchev–Trinajstić information content (AvgIpc) is 3.92. The van der Waals surface area contributed by atoms with Gasteiger partial charge in [0.2, 0.25) is 0 Å². The zero-order valence-corrected chi connectivity index (χ0v) is 42.3. The van der Waals surface area contributed by atoms with Gasteiger partial charge < -0.3 is 15.4 Å². The van der Waals surface area contributed by atoms with Gasteiger partial charge in [0, 0.05) is 28.4 Å². The zero-order valence-electron chi connectivity index (χ0n) is 42.3. The van der Waals surface area contributed by atoms with Crippen molar-refractivity contribution in [2.24, 2.45) is 17.3 Å². The highest BCUT2D eigenvalue weighted by Gasteiger charge is 2.42. The van der Waals surface area contributed by atoms with E-state index < -0.39 is 0 Å². The number of nitrogen functional groups attached to an aromatic ring is 1. The van der Waals surface area contributed by atoms with Crippen molar-refractivity contribution in [2.45, 2.75) is 227 Å². The first kappa shape index (κ1) is 53.9. The summed E-state index contributed by atoms with van der Waals surface area (Å²) in [5.74, 6) is 2.88. The minimum absolute atomic E-state index is 0.263. The molecular weight excluding hydrogens is 721 g/mol. The summed E-state index contributed by atoms with van der Waals surface area (Å²) >= 11 is 0. The van der Waals surface area contributed by atoms with Crippen LogP contribution >= 0.6 is 0 Å². The average molecular weight is 815 g/mol. The van der Waals surface area contributed by atoms with Crippen LogP contribution in [0.15, 0.2) is 40.5 Å². The summed E-state index contributed by atoms with van der Waals surface area (Å²) in [5.41, 5.74) is 19.9. The summed E-state index contributed by atoms with van der Waals surface area (Å²) in [6.07, 6.45) is 17.3. The van der Waals surface area contributed by atoms with Crippen molar-refractivity contribution in [2.75, 3.05) is 17.2 Å². The summed E-state index contributed by atoms with van der Waals surface area (Å²) in [5, 5.41) is 1.11. The van der Waals surface area contributed by atoms with Crippen molar-refractivity contribution in [3.8, 4) is 6.01 Å². The van der Waals surface area contributed by atoms with E-state index >= 15 is 0 Å². The number of hydrogen-bond donors (Lipinski definition) is 1. The fourth-order valence-electron chi connectivity index (χ4n) is 8.35. The van der Waals surface area contributed by atoms with Crippen LogP contribution in [0, 0.1) is 17.3 Å². The van der Waals surface area contributed by atoms with Crippen LogP contribution in [0.1, 0.15) is 219 Å². The van der Waals surface area contributed by atoms with Gasteiger partial charge in [-0.15, -0.1) is 0 Å². The molecule has 1 saturated heterocycles. The maximum atomic E-state index is 7.36. The Balaban J connectivity index is 0.00000107. The Hall–Kier alpha value is -3.08. The first-order valence-corrected chi connectivity index (χ1v) is 24.3. The number of benzene rings is 1. The second kappa shape index (κ2) is 26.3. The first-order valence-electron chi connectivity index (χ1n) is 24.3. The molecule has 59 heavy (non-hydrogen) atoms. The van der Waals surface area contributed by atoms with Gasteiger partial charge in [-0.05, 0) is 145 Å². The molecule has 1 aliphatic heterocycles. The predicted octanol–water partition coefficient (Wildman–Crippen LogP) is 16.6. The van der Waals surface area contributed by atoms with Crippen LogP contribution in [-0.4, -0.2) is 28.7 Å². The van der Waals surface area contributed by atoms with Gasteiger partial charge in [0.05, 0.1) is 12.3 Å². The molecule has 5 heteroatoms. The number of nitrogens with two attached hydrogens (primary N) is 1. The molecule has 2 N–H and O–H groups in total. The summed E-state index contributed by atoms with van der Waals surface area (Å²) in [6.45, 7) is 47.3. The van der Waals surface area contributed by atoms with Gasteiger partial charge in [0.25, 0.3) is 0 Å². The Morgan fingerprint density at radius 1 is 0.814 bits per heavy atom. The van der Waals surface area contributed by atoms with E-state index in [1.54, 1.807) is 0 Å². The van der Waals surface area contributed by atoms with Crippen LogP contribution in [0.4, 0.5) is 11.5 Å². The molecule has 1 aromatic carbocycles. The Morgan fingerprint density at radius 3 is 1.68 bits per heavy atom. The molecule has 2 fully saturated rings. The minimum Gasteiger partial charge on any atom is -0.463 e. The van der Waals surface area contributed by atoms with Gasteiger partial charge in [-0.25, -0.2) is 0 Å². The van der Waals surface area contributed by atoms with E-state index in [2.05, 4.69) is 129 Å². The van der Waals surface area contributed by atoms with Crippen LogP contribution in [-0.2, 0) is 12.8 Å². The van der Waals surface area contributed by atoms with Crippen LogP contribution in [0.5, 0.6) is 6.01 Å². The Labute approximate surface area is 366 Å². The largest absolute Gasteiger partial charge is 0.463 e. The molecule has 0 spiro atoms. The molecule has 4 rings (SSSR count). The second-order valence-corrected chi connectivity index (χ2v) is 17.7. The predicted molar refractivity (Wildman–Crippen MR) is 266 cm³/mol. The van der Waals surface area contributed by atoms with Crippen LogP contribution < -0.4 is 15.4 Å². The highest BCUT2D eigenvalue weighted by atomic mass is 16.5. The lowest BCUT2D eigenvalue weighted by molar-refractivity contribution is 0.214. The van der Waals surface area contributed by atoms with Crippen molar-refractivity contribution in [3.05, 3.63) is 57.2 Å². The molecule has 0 amide bonds. The lowest BCUT2D eigenvalue weighted by Gasteiger charge is -2.33. The smallest absolute Gasteiger partial charge is 0.319 e. The maximum Gasteiger partial charge on any atom is 0.319 e. The molecule has 5 nitrogen and oxygen atoms in total. The van der Waals surface area contributed by atoms with E-state index in [0.717, 1.165) is 71.8 Å². The van der Waals surface area contributed by atoms with Gasteiger partial charge >= 0.3 is 6.01 Å². The Kier molecular flexibility index (Phi) is 24.0. The molecular formula is C54H94N4O. The number of nitrogens with zero attached hydrogens (tertiary/aromatic N) is 3. The van der Waals surface area contributed by atoms with Crippen molar-refractivity contribution in [1.82, 2.24) is 9.97 Å². The number of rotatable bonds is 17. The molecule has 2 heterocycles. The second-order valence-electron chi connectivity index (χ2n) is 17.7. The molecule has 0 bridgehead atoms. The SMILES string of the molecule is C=C(/C(C(C)=C(C)C)=C(C)\C(C)=C/C)c1c(CC)c(CC)c2c(N3C(CC)CCC3CC)nc(OCC3(CC)CC3)nc2c1N.CC.CCC(C)C.CCC(CC)CC. The monoisotopic (exact) mass is 815 g/mol. The van der Waals surface area contributed by atoms with E-state index in [4.69, 9.17) is 27.0 Å². The quantitative estimate of drug-likeness (QED) is 0.127. The zero-order chi connectivity index (χ0) is 45.2. The van der Waals surface area contributed by atoms with Gasteiger partial charge in [0.1, 0.15) is 11.3 Å². The number of ether oxygens (including phenoxy) is 1. The molecule has 2 unspecified atom stereocenters. The fourth-order valence-corrected chi connectivity index (χ4v) is 8.35. The van der Waals surface area contributed by atoms with Crippen molar-refractivity contribution in [1.29, 1.82) is 0 Å². The minimum atomic E-state index is 0.263. The number of allylic oxidation sites excluding steroid dienone is 7. The van der Waals surface area contributed by atoms with Gasteiger partial charge in [-0.1, -0.05) is 139 Å². The van der Waals surface area contributed by atoms with Crippen LogP contribution in [0.3, 0.4) is 0 Å². The van der Waals surface area contributed by atoms with E-state index in [0.29, 0.717) is 30.4 Å². The van der Waals surface area contributed by atoms with Crippen molar-refractivity contribution in [3.63, 3.8) is 0 Å². The number of fused-ring (bicyclic) bond motifs is 1. The molecule has 0 radical (unpaired) electrons. The van der Waals surface area contributed by atoms with E-state index in [1.807, 2.05) is 13.8 Å². The molecule has 2 atom stereocenters. The van der Waals surface area contributed by atoms with Gasteiger partial charge in [0.15, 0.2) is 0 Å². The molecule has 1 aromatic heterocycles. The first-order chi connectivity index (χ1) is 28.0. The van der Waals surface area contributed by atoms with E-state index in [-0.39, 0.29) is 5.41 Å². The lowest BCUT2D eigenvalue weighted by Crippen LogP contribution is -2.36. The summed E-state index contributed by atoms with van der Waals surface area (Å²) < 4.78 is 6.51. The fraction of sp³-hybridized carbons (Fsp3) is 0.704. The summed E-state index contributed by atoms with van der Waals surface area (Å²) in [4.78, 5) is 13.1. The molecule has 2 aliphatic rings. The van der Waals surface area contributed by atoms with E-state index in [9.17, 15) is 0 Å². The maximum absolute atomic E-state index is 7.36. The van der Waals surface area contributed by atoms with E-state index in [1.165, 1.54) is 90.4 Å². The third-order valence-electron chi connectivity index (χ3n) is 13.8. The highest BCUT2D eigenvalue weighted by Crippen LogP contribution is 2.50. The van der Waals surface area contributed by atoms with Crippen LogP contribution in [0.25, 0.3) is 16.5 Å². The standard InChI is InChI=1S/C40H60N4O.C7H16.C5H12.C2H6/c1-13-25(9)27(11)33(26(10)24(7)8)28(12)34-31(16-4)32(17-5)35-37(36(34)41)42-39(45-23-40(18-6)21-22-40)43-38(35)44-29(14-2)19-20-30(44)15-3;1-4-7(5-2)6-3;1-4-5(2)3;1-2/h13,29-30H,12,14-23,41H2,1-11H3;7H,4-6H2,1-3H3;5H,4H2,1-3H3;1-2H3/b25-13-,33-27-;;;. The number of aromatic nitrogens is 2. The topological polar surface area (TPSA) is 64.3 Å². The Bertz CT molecular complexity index is 1680. The third-order valence-corrected chi connectivity index (χ3v) is 13.8. The highest BCUT2D eigenvalue weighted by molar-refractivity contribution is 6.07. The molecule has 2 aromatic rings. The molecule has 1 saturated carbocycles. The summed E-state index contributed by atoms with van der Waals surface area (Å²) in [6, 6.07) is 1.34. The van der Waals surface area contributed by atoms with Crippen molar-refractivity contribution >= 4 is 28.0 Å².